The maximum atomic E-state index is 12.8. The van der Waals surface area contributed by atoms with Gasteiger partial charge in [-0.05, 0) is 56.4 Å². The van der Waals surface area contributed by atoms with Crippen LogP contribution in [0.1, 0.15) is 31.4 Å². The Kier molecular flexibility index (Phi) is 4.83. The highest BCUT2D eigenvalue weighted by molar-refractivity contribution is 7.89. The maximum Gasteiger partial charge on any atom is 0.317 e. The van der Waals surface area contributed by atoms with Crippen molar-refractivity contribution in [3.05, 3.63) is 29.3 Å². The molecule has 1 aromatic rings. The molecule has 1 aromatic carbocycles. The van der Waals surface area contributed by atoms with Crippen molar-refractivity contribution in [2.24, 2.45) is 0 Å². The standard InChI is InChI=1S/C17H25N3O3S/c1-13(2)18-17(21)19-8-10-20(11-9-19)24(22,23)16-7-6-14-4-3-5-15(14)12-16/h6-7,12-13H,3-5,8-11H2,1-2H3,(H,18,21). The minimum Gasteiger partial charge on any atom is -0.336 e. The Balaban J connectivity index is 1.68. The van der Waals surface area contributed by atoms with Crippen molar-refractivity contribution in [2.45, 2.75) is 44.0 Å². The van der Waals surface area contributed by atoms with Crippen molar-refractivity contribution >= 4 is 16.1 Å². The number of carbonyl (C=O) groups excluding carboxylic acids is 1. The van der Waals surface area contributed by atoms with E-state index in [4.69, 9.17) is 0 Å². The van der Waals surface area contributed by atoms with Crippen molar-refractivity contribution in [3.63, 3.8) is 0 Å². The number of fused-ring (bicyclic) bond motifs is 1. The molecule has 7 heteroatoms. The molecular weight excluding hydrogens is 326 g/mol. The number of rotatable bonds is 3. The Morgan fingerprint density at radius 2 is 1.75 bits per heavy atom. The molecule has 0 saturated carbocycles. The summed E-state index contributed by atoms with van der Waals surface area (Å²) >= 11 is 0. The van der Waals surface area contributed by atoms with Crippen LogP contribution in [0.25, 0.3) is 0 Å². The highest BCUT2D eigenvalue weighted by Gasteiger charge is 2.30. The molecule has 0 radical (unpaired) electrons. The lowest BCUT2D eigenvalue weighted by molar-refractivity contribution is 0.170. The van der Waals surface area contributed by atoms with Crippen LogP contribution >= 0.6 is 0 Å². The first-order valence-corrected chi connectivity index (χ1v) is 9.99. The van der Waals surface area contributed by atoms with Crippen molar-refractivity contribution in [1.29, 1.82) is 0 Å². The number of piperazine rings is 1. The van der Waals surface area contributed by atoms with E-state index in [-0.39, 0.29) is 12.1 Å². The maximum absolute atomic E-state index is 12.8. The number of hydrogen-bond acceptors (Lipinski definition) is 3. The van der Waals surface area contributed by atoms with Crippen LogP contribution in [0.15, 0.2) is 23.1 Å². The van der Waals surface area contributed by atoms with Gasteiger partial charge >= 0.3 is 6.03 Å². The van der Waals surface area contributed by atoms with Gasteiger partial charge in [-0.2, -0.15) is 4.31 Å². The lowest BCUT2D eigenvalue weighted by atomic mass is 10.1. The number of benzene rings is 1. The summed E-state index contributed by atoms with van der Waals surface area (Å²) in [5.41, 5.74) is 2.43. The van der Waals surface area contributed by atoms with Crippen LogP contribution in [0.4, 0.5) is 4.79 Å². The Morgan fingerprint density at radius 1 is 1.08 bits per heavy atom. The summed E-state index contributed by atoms with van der Waals surface area (Å²) in [5.74, 6) is 0. The molecule has 132 valence electrons. The van der Waals surface area contributed by atoms with Crippen molar-refractivity contribution in [1.82, 2.24) is 14.5 Å². The molecule has 24 heavy (non-hydrogen) atoms. The molecule has 6 nitrogen and oxygen atoms in total. The molecule has 1 heterocycles. The van der Waals surface area contributed by atoms with E-state index in [0.717, 1.165) is 24.8 Å². The predicted octanol–water partition coefficient (Wildman–Crippen LogP) is 1.60. The molecule has 0 bridgehead atoms. The summed E-state index contributed by atoms with van der Waals surface area (Å²) in [5, 5.41) is 2.84. The van der Waals surface area contributed by atoms with E-state index in [1.54, 1.807) is 11.0 Å². The molecule has 1 saturated heterocycles. The molecule has 0 unspecified atom stereocenters. The Morgan fingerprint density at radius 3 is 2.42 bits per heavy atom. The second-order valence-electron chi connectivity index (χ2n) is 6.78. The van der Waals surface area contributed by atoms with E-state index in [0.29, 0.717) is 31.1 Å². The summed E-state index contributed by atoms with van der Waals surface area (Å²) in [6.07, 6.45) is 3.10. The summed E-state index contributed by atoms with van der Waals surface area (Å²) in [6, 6.07) is 5.44. The van der Waals surface area contributed by atoms with Gasteiger partial charge in [-0.15, -0.1) is 0 Å². The molecule has 0 atom stereocenters. The zero-order chi connectivity index (χ0) is 17.3. The number of sulfonamides is 1. The minimum absolute atomic E-state index is 0.0747. The van der Waals surface area contributed by atoms with Crippen molar-refractivity contribution in [2.75, 3.05) is 26.2 Å². The molecule has 3 rings (SSSR count). The third kappa shape index (κ3) is 3.42. The molecule has 0 spiro atoms. The number of nitrogens with zero attached hydrogens (tertiary/aromatic N) is 2. The van der Waals surface area contributed by atoms with Crippen LogP contribution in [-0.4, -0.2) is 55.9 Å². The predicted molar refractivity (Wildman–Crippen MR) is 92.5 cm³/mol. The summed E-state index contributed by atoms with van der Waals surface area (Å²) in [7, 11) is -3.48. The Labute approximate surface area is 143 Å². The SMILES string of the molecule is CC(C)NC(=O)N1CCN(S(=O)(=O)c2ccc3c(c2)CCC3)CC1. The quantitative estimate of drug-likeness (QED) is 0.899. The number of aryl methyl sites for hydroxylation is 2. The van der Waals surface area contributed by atoms with Gasteiger partial charge in [0.25, 0.3) is 0 Å². The molecule has 2 aliphatic rings. The number of carbonyl (C=O) groups is 1. The third-order valence-corrected chi connectivity index (χ3v) is 6.54. The fraction of sp³-hybridized carbons (Fsp3) is 0.588. The first kappa shape index (κ1) is 17.2. The Hall–Kier alpha value is -1.60. The summed E-state index contributed by atoms with van der Waals surface area (Å²) in [4.78, 5) is 14.1. The van der Waals surface area contributed by atoms with Crippen LogP contribution in [0.2, 0.25) is 0 Å². The molecule has 2 amide bonds. The number of urea groups is 1. The zero-order valence-corrected chi connectivity index (χ0v) is 15.1. The molecule has 1 N–H and O–H groups in total. The van der Waals surface area contributed by atoms with Gasteiger partial charge in [0.05, 0.1) is 4.90 Å². The molecule has 1 aliphatic carbocycles. The topological polar surface area (TPSA) is 69.7 Å². The summed E-state index contributed by atoms with van der Waals surface area (Å²) < 4.78 is 27.2. The zero-order valence-electron chi connectivity index (χ0n) is 14.3. The fourth-order valence-corrected chi connectivity index (χ4v) is 4.80. The van der Waals surface area contributed by atoms with Crippen molar-refractivity contribution in [3.8, 4) is 0 Å². The van der Waals surface area contributed by atoms with Gasteiger partial charge in [0.2, 0.25) is 10.0 Å². The number of hydrogen-bond donors (Lipinski definition) is 1. The largest absolute Gasteiger partial charge is 0.336 e. The second-order valence-corrected chi connectivity index (χ2v) is 8.72. The van der Waals surface area contributed by atoms with Crippen molar-refractivity contribution < 1.29 is 13.2 Å². The van der Waals surface area contributed by atoms with E-state index >= 15 is 0 Å². The number of nitrogens with one attached hydrogen (secondary N) is 1. The lowest BCUT2D eigenvalue weighted by Gasteiger charge is -2.34. The van der Waals surface area contributed by atoms with Gasteiger partial charge in [-0.25, -0.2) is 13.2 Å². The highest BCUT2D eigenvalue weighted by atomic mass is 32.2. The van der Waals surface area contributed by atoms with Crippen LogP contribution in [0.5, 0.6) is 0 Å². The second kappa shape index (κ2) is 6.72. The molecule has 1 fully saturated rings. The van der Waals surface area contributed by atoms with Gasteiger partial charge in [-0.3, -0.25) is 0 Å². The van der Waals surface area contributed by atoms with Gasteiger partial charge in [-0.1, -0.05) is 6.07 Å². The highest BCUT2D eigenvalue weighted by Crippen LogP contribution is 2.26. The van der Waals surface area contributed by atoms with Crippen LogP contribution in [0.3, 0.4) is 0 Å². The van der Waals surface area contributed by atoms with Gasteiger partial charge < -0.3 is 10.2 Å². The monoisotopic (exact) mass is 351 g/mol. The molecular formula is C17H25N3O3S. The van der Waals surface area contributed by atoms with Gasteiger partial charge in [0.15, 0.2) is 0 Å². The normalized spacial score (nSPS) is 18.7. The van der Waals surface area contributed by atoms with E-state index in [9.17, 15) is 13.2 Å². The smallest absolute Gasteiger partial charge is 0.317 e. The molecule has 0 aromatic heterocycles. The van der Waals surface area contributed by atoms with Crippen LogP contribution in [-0.2, 0) is 22.9 Å². The average molecular weight is 351 g/mol. The van der Waals surface area contributed by atoms with E-state index < -0.39 is 10.0 Å². The first-order valence-electron chi connectivity index (χ1n) is 8.55. The van der Waals surface area contributed by atoms with Gasteiger partial charge in [0, 0.05) is 32.2 Å². The van der Waals surface area contributed by atoms with E-state index in [2.05, 4.69) is 5.32 Å². The third-order valence-electron chi connectivity index (χ3n) is 4.65. The number of amides is 2. The van der Waals surface area contributed by atoms with Crippen LogP contribution in [0, 0.1) is 0 Å². The Bertz CT molecular complexity index is 723. The minimum atomic E-state index is -3.48. The molecule has 1 aliphatic heterocycles. The van der Waals surface area contributed by atoms with Crippen LogP contribution < -0.4 is 5.32 Å². The average Bonchev–Trinajstić information content (AvgIpc) is 3.02. The van der Waals surface area contributed by atoms with Gasteiger partial charge in [0.1, 0.15) is 0 Å². The fourth-order valence-electron chi connectivity index (χ4n) is 3.33. The summed E-state index contributed by atoms with van der Waals surface area (Å²) in [6.45, 7) is 5.33. The van der Waals surface area contributed by atoms with E-state index in [1.807, 2.05) is 26.0 Å². The first-order chi connectivity index (χ1) is 11.4. The lowest BCUT2D eigenvalue weighted by Crippen LogP contribution is -2.53. The van der Waals surface area contributed by atoms with E-state index in [1.165, 1.54) is 9.87 Å².